The van der Waals surface area contributed by atoms with Crippen LogP contribution in [0.1, 0.15) is 11.1 Å². The molecule has 0 spiro atoms. The van der Waals surface area contributed by atoms with Gasteiger partial charge in [-0.25, -0.2) is 9.18 Å². The van der Waals surface area contributed by atoms with Crippen molar-refractivity contribution >= 4 is 11.9 Å². The molecule has 148 valence electrons. The Labute approximate surface area is 164 Å². The van der Waals surface area contributed by atoms with Crippen LogP contribution in [0.5, 0.6) is 0 Å². The van der Waals surface area contributed by atoms with E-state index in [1.165, 1.54) is 6.07 Å². The minimum absolute atomic E-state index is 0.0266. The number of amides is 3. The lowest BCUT2D eigenvalue weighted by Crippen LogP contribution is -2.53. The highest BCUT2D eigenvalue weighted by Crippen LogP contribution is 2.07. The lowest BCUT2D eigenvalue weighted by Gasteiger charge is -2.34. The summed E-state index contributed by atoms with van der Waals surface area (Å²) in [7, 11) is 0. The Balaban J connectivity index is 1.36. The van der Waals surface area contributed by atoms with Crippen LogP contribution in [0.25, 0.3) is 0 Å². The average molecular weight is 384 g/mol. The number of nitrogens with zero attached hydrogens (tertiary/aromatic N) is 2. The van der Waals surface area contributed by atoms with Crippen molar-refractivity contribution in [3.8, 4) is 0 Å². The largest absolute Gasteiger partial charge is 0.351 e. The third-order valence-corrected chi connectivity index (χ3v) is 4.75. The highest BCUT2D eigenvalue weighted by molar-refractivity contribution is 5.78. The molecular weight excluding hydrogens is 359 g/mol. The lowest BCUT2D eigenvalue weighted by atomic mass is 10.2. The molecule has 1 heterocycles. The zero-order chi connectivity index (χ0) is 19.8. The number of hydrogen-bond acceptors (Lipinski definition) is 3. The molecule has 0 unspecified atom stereocenters. The van der Waals surface area contributed by atoms with Gasteiger partial charge in [0, 0.05) is 44.8 Å². The van der Waals surface area contributed by atoms with Gasteiger partial charge in [0.1, 0.15) is 5.82 Å². The van der Waals surface area contributed by atoms with Gasteiger partial charge in [-0.3, -0.25) is 9.69 Å². The lowest BCUT2D eigenvalue weighted by molar-refractivity contribution is -0.122. The third kappa shape index (κ3) is 5.79. The van der Waals surface area contributed by atoms with Crippen molar-refractivity contribution in [3.05, 3.63) is 71.5 Å². The SMILES string of the molecule is O=C(CN1CCN(C(=O)NCc2ccccc2F)CC1)NCc1ccccc1. The first-order valence-electron chi connectivity index (χ1n) is 9.41. The molecule has 6 nitrogen and oxygen atoms in total. The predicted octanol–water partition coefficient (Wildman–Crippen LogP) is 1.97. The average Bonchev–Trinajstić information content (AvgIpc) is 2.73. The van der Waals surface area contributed by atoms with Crippen molar-refractivity contribution < 1.29 is 14.0 Å². The van der Waals surface area contributed by atoms with Crippen LogP contribution in [0, 0.1) is 5.82 Å². The van der Waals surface area contributed by atoms with E-state index in [-0.39, 0.29) is 24.3 Å². The highest BCUT2D eigenvalue weighted by atomic mass is 19.1. The molecule has 2 aromatic carbocycles. The summed E-state index contributed by atoms with van der Waals surface area (Å²) in [6.45, 7) is 3.32. The summed E-state index contributed by atoms with van der Waals surface area (Å²) in [6, 6.07) is 16.0. The number of rotatable bonds is 6. The molecule has 0 aromatic heterocycles. The molecule has 0 atom stereocenters. The number of nitrogens with one attached hydrogen (secondary N) is 2. The Hall–Kier alpha value is -2.93. The molecule has 28 heavy (non-hydrogen) atoms. The Morgan fingerprint density at radius 2 is 1.54 bits per heavy atom. The van der Waals surface area contributed by atoms with Crippen LogP contribution in [0.4, 0.5) is 9.18 Å². The van der Waals surface area contributed by atoms with Crippen LogP contribution in [0.15, 0.2) is 54.6 Å². The Kier molecular flexibility index (Phi) is 6.97. The normalized spacial score (nSPS) is 14.5. The van der Waals surface area contributed by atoms with Gasteiger partial charge in [0.05, 0.1) is 6.54 Å². The minimum Gasteiger partial charge on any atom is -0.351 e. The molecule has 1 fully saturated rings. The molecule has 2 N–H and O–H groups in total. The number of urea groups is 1. The molecule has 3 amide bonds. The second-order valence-corrected chi connectivity index (χ2v) is 6.78. The predicted molar refractivity (Wildman–Crippen MR) is 105 cm³/mol. The van der Waals surface area contributed by atoms with Crippen LogP contribution in [-0.2, 0) is 17.9 Å². The van der Waals surface area contributed by atoms with Crippen LogP contribution < -0.4 is 10.6 Å². The van der Waals surface area contributed by atoms with Gasteiger partial charge in [0.25, 0.3) is 0 Å². The summed E-state index contributed by atoms with van der Waals surface area (Å²) >= 11 is 0. The fraction of sp³-hybridized carbons (Fsp3) is 0.333. The fourth-order valence-corrected chi connectivity index (χ4v) is 3.09. The Morgan fingerprint density at radius 1 is 0.857 bits per heavy atom. The van der Waals surface area contributed by atoms with E-state index in [1.54, 1.807) is 23.1 Å². The number of piperazine rings is 1. The van der Waals surface area contributed by atoms with Crippen LogP contribution in [0.3, 0.4) is 0 Å². The van der Waals surface area contributed by atoms with Gasteiger partial charge in [-0.05, 0) is 11.6 Å². The van der Waals surface area contributed by atoms with Crippen LogP contribution in [-0.4, -0.2) is 54.5 Å². The zero-order valence-electron chi connectivity index (χ0n) is 15.7. The quantitative estimate of drug-likeness (QED) is 0.800. The maximum Gasteiger partial charge on any atom is 0.317 e. The summed E-state index contributed by atoms with van der Waals surface area (Å²) in [5.74, 6) is -0.351. The molecule has 7 heteroatoms. The van der Waals surface area contributed by atoms with E-state index < -0.39 is 0 Å². The van der Waals surface area contributed by atoms with Crippen molar-refractivity contribution in [1.29, 1.82) is 0 Å². The molecule has 0 radical (unpaired) electrons. The van der Waals surface area contributed by atoms with Crippen molar-refractivity contribution in [2.24, 2.45) is 0 Å². The summed E-state index contributed by atoms with van der Waals surface area (Å²) < 4.78 is 13.6. The number of carbonyl (C=O) groups excluding carboxylic acids is 2. The highest BCUT2D eigenvalue weighted by Gasteiger charge is 2.22. The van der Waals surface area contributed by atoms with E-state index >= 15 is 0 Å². The zero-order valence-corrected chi connectivity index (χ0v) is 15.7. The van der Waals surface area contributed by atoms with Crippen LogP contribution in [0.2, 0.25) is 0 Å². The van der Waals surface area contributed by atoms with Gasteiger partial charge in [-0.2, -0.15) is 0 Å². The van der Waals surface area contributed by atoms with Gasteiger partial charge in [-0.1, -0.05) is 48.5 Å². The molecule has 0 saturated carbocycles. The Morgan fingerprint density at radius 3 is 2.25 bits per heavy atom. The summed E-state index contributed by atoms with van der Waals surface area (Å²) in [4.78, 5) is 28.1. The summed E-state index contributed by atoms with van der Waals surface area (Å²) in [5.41, 5.74) is 1.52. The molecule has 1 aliphatic heterocycles. The smallest absolute Gasteiger partial charge is 0.317 e. The minimum atomic E-state index is -0.325. The monoisotopic (exact) mass is 384 g/mol. The van der Waals surface area contributed by atoms with Crippen molar-refractivity contribution in [2.75, 3.05) is 32.7 Å². The van der Waals surface area contributed by atoms with E-state index in [2.05, 4.69) is 10.6 Å². The molecule has 0 aliphatic carbocycles. The second kappa shape index (κ2) is 9.85. The molecule has 0 bridgehead atoms. The van der Waals surface area contributed by atoms with Crippen LogP contribution >= 0.6 is 0 Å². The number of carbonyl (C=O) groups is 2. The van der Waals surface area contributed by atoms with Crippen molar-refractivity contribution in [1.82, 2.24) is 20.4 Å². The van der Waals surface area contributed by atoms with Crippen molar-refractivity contribution in [3.63, 3.8) is 0 Å². The van der Waals surface area contributed by atoms with Gasteiger partial charge in [0.2, 0.25) is 5.91 Å². The van der Waals surface area contributed by atoms with Gasteiger partial charge in [-0.15, -0.1) is 0 Å². The van der Waals surface area contributed by atoms with Gasteiger partial charge < -0.3 is 15.5 Å². The topological polar surface area (TPSA) is 64.7 Å². The molecule has 2 aromatic rings. The third-order valence-electron chi connectivity index (χ3n) is 4.75. The van der Waals surface area contributed by atoms with E-state index in [1.807, 2.05) is 35.2 Å². The maximum atomic E-state index is 13.6. The maximum absolute atomic E-state index is 13.6. The first-order chi connectivity index (χ1) is 13.6. The van der Waals surface area contributed by atoms with E-state index in [9.17, 15) is 14.0 Å². The van der Waals surface area contributed by atoms with Gasteiger partial charge in [0.15, 0.2) is 0 Å². The Bertz CT molecular complexity index is 792. The number of hydrogen-bond donors (Lipinski definition) is 2. The summed E-state index contributed by atoms with van der Waals surface area (Å²) in [6.07, 6.45) is 0. The molecular formula is C21H25FN4O2. The first-order valence-corrected chi connectivity index (χ1v) is 9.41. The van der Waals surface area contributed by atoms with E-state index in [0.29, 0.717) is 44.8 Å². The summed E-state index contributed by atoms with van der Waals surface area (Å²) in [5, 5.41) is 5.67. The molecule has 1 aliphatic rings. The molecule has 3 rings (SSSR count). The van der Waals surface area contributed by atoms with E-state index in [0.717, 1.165) is 5.56 Å². The van der Waals surface area contributed by atoms with Crippen molar-refractivity contribution in [2.45, 2.75) is 13.1 Å². The second-order valence-electron chi connectivity index (χ2n) is 6.78. The number of benzene rings is 2. The standard InChI is InChI=1S/C21H25FN4O2/c22-19-9-5-4-8-18(19)15-24-21(28)26-12-10-25(11-13-26)16-20(27)23-14-17-6-2-1-3-7-17/h1-9H,10-16H2,(H,23,27)(H,24,28). The number of halogens is 1. The van der Waals surface area contributed by atoms with E-state index in [4.69, 9.17) is 0 Å². The first kappa shape index (κ1) is 19.8. The molecule has 1 saturated heterocycles. The fourth-order valence-electron chi connectivity index (χ4n) is 3.09. The van der Waals surface area contributed by atoms with Gasteiger partial charge >= 0.3 is 6.03 Å².